The van der Waals surface area contributed by atoms with Crippen molar-refractivity contribution in [2.24, 2.45) is 5.73 Å². The van der Waals surface area contributed by atoms with Crippen LogP contribution in [0.3, 0.4) is 0 Å². The third kappa shape index (κ3) is 379. The molecule has 0 aromatic carbocycles. The van der Waals surface area contributed by atoms with Crippen molar-refractivity contribution in [2.75, 3.05) is 6.67 Å². The van der Waals surface area contributed by atoms with E-state index < -0.39 is 0 Å². The maximum absolute atomic E-state index is 5.99. The summed E-state index contributed by atoms with van der Waals surface area (Å²) < 4.78 is 0. The predicted octanol–water partition coefficient (Wildman–Crippen LogP) is 1.30. The van der Waals surface area contributed by atoms with Crippen LogP contribution in [0.1, 0.15) is 0 Å². The van der Waals surface area contributed by atoms with Gasteiger partial charge in [0.15, 0.2) is 0 Å². The monoisotopic (exact) mass is 285 g/mol. The molecule has 2 nitrogen and oxygen atoms in total. The van der Waals surface area contributed by atoms with Crippen molar-refractivity contribution in [3.05, 3.63) is 28.0 Å². The molecule has 0 aromatic rings. The van der Waals surface area contributed by atoms with E-state index in [1.807, 2.05) is 0 Å². The van der Waals surface area contributed by atoms with Crippen LogP contribution < -0.4 is 5.73 Å². The molecular weight excluding hydrogens is 271 g/mol. The van der Waals surface area contributed by atoms with E-state index in [0.717, 1.165) is 0 Å². The first kappa shape index (κ1) is 48.8. The number of nitrogens with one attached hydrogen (secondary N) is 1. The first-order valence-electron chi connectivity index (χ1n) is 0.762. The van der Waals surface area contributed by atoms with Crippen LogP contribution in [0.4, 0.5) is 0 Å². The van der Waals surface area contributed by atoms with E-state index in [1.165, 1.54) is 0 Å². The van der Waals surface area contributed by atoms with Crippen LogP contribution in [0.15, 0.2) is 0 Å². The average Bonchev–Trinajstić information content (AvgIpc) is 0.918. The maximum atomic E-state index is 5.99. The zero-order valence-electron chi connectivity index (χ0n) is 5.10. The molecule has 50 valence electrons. The van der Waals surface area contributed by atoms with Gasteiger partial charge in [-0.25, -0.2) is 0 Å². The van der Waals surface area contributed by atoms with E-state index in [0.29, 0.717) is 0 Å². The minimum absolute atomic E-state index is 0. The van der Waals surface area contributed by atoms with Crippen molar-refractivity contribution in [1.29, 1.82) is 0 Å². The molecule has 0 saturated carbocycles. The Bertz CT molecular complexity index is 9.65. The van der Waals surface area contributed by atoms with E-state index in [4.69, 9.17) is 5.73 Å². The normalized spacial score (nSPS) is 2.57. The summed E-state index contributed by atoms with van der Waals surface area (Å²) in [5.74, 6) is 0. The molecule has 3 heteroatoms. The van der Waals surface area contributed by atoms with Gasteiger partial charge >= 0.3 is 21.1 Å². The second-order valence-corrected chi connectivity index (χ2v) is 0.204. The number of hydrogen-bond donors (Lipinski definition) is 1. The Hall–Kier alpha value is 0.608. The van der Waals surface area contributed by atoms with Crippen molar-refractivity contribution in [1.82, 2.24) is 0 Å². The van der Waals surface area contributed by atoms with E-state index in [2.05, 4.69) is 5.73 Å². The van der Waals surface area contributed by atoms with E-state index in [1.54, 1.807) is 0 Å². The van der Waals surface area contributed by atoms with E-state index in [-0.39, 0.29) is 50.0 Å². The first-order chi connectivity index (χ1) is 1.41. The molecule has 0 aromatic heterocycles. The standard InChI is InChI=1S/CH5N2.3CH3.Pt/c2-1-3;;;;/h2H,1,3H2;3*1H3;/q4*-1;+4. The molecule has 0 spiro atoms. The van der Waals surface area contributed by atoms with Gasteiger partial charge in [-0.2, -0.15) is 0 Å². The van der Waals surface area contributed by atoms with Crippen LogP contribution in [0, 0.1) is 22.3 Å². The molecule has 0 aliphatic heterocycles. The van der Waals surface area contributed by atoms with Gasteiger partial charge in [0.05, 0.1) is 0 Å². The Morgan fingerprint density at radius 3 is 1.14 bits per heavy atom. The average molecular weight is 285 g/mol. The summed E-state index contributed by atoms with van der Waals surface area (Å²) >= 11 is 0. The van der Waals surface area contributed by atoms with Crippen molar-refractivity contribution in [3.8, 4) is 0 Å². The topological polar surface area (TPSA) is 49.8 Å². The van der Waals surface area contributed by atoms with Crippen molar-refractivity contribution in [2.45, 2.75) is 0 Å². The van der Waals surface area contributed by atoms with Crippen LogP contribution in [-0.2, 0) is 21.1 Å². The Kier molecular flexibility index (Phi) is 561. The molecule has 0 fully saturated rings. The van der Waals surface area contributed by atoms with Gasteiger partial charge in [-0.05, 0) is 0 Å². The second kappa shape index (κ2) is 80.4. The summed E-state index contributed by atoms with van der Waals surface area (Å²) in [7, 11) is 0. The number of rotatable bonds is 0. The summed E-state index contributed by atoms with van der Waals surface area (Å²) in [6.45, 7) is 0. The fraction of sp³-hybridized carbons (Fsp3) is 0.250. The minimum atomic E-state index is 0. The number of hydrogen-bond acceptors (Lipinski definition) is 1. The molecule has 0 heterocycles. The van der Waals surface area contributed by atoms with Gasteiger partial charge < -0.3 is 33.7 Å². The zero-order valence-corrected chi connectivity index (χ0v) is 7.37. The number of nitrogens with two attached hydrogens (primary N) is 1. The van der Waals surface area contributed by atoms with Crippen molar-refractivity contribution in [3.63, 3.8) is 0 Å². The van der Waals surface area contributed by atoms with Gasteiger partial charge in [-0.3, -0.25) is 0 Å². The summed E-state index contributed by atoms with van der Waals surface area (Å²) in [6, 6.07) is 0. The molecule has 0 bridgehead atoms. The Balaban J connectivity index is -0.00000000333. The molecule has 0 amide bonds. The molecule has 0 aliphatic rings. The molecule has 3 N–H and O–H groups in total. The van der Waals surface area contributed by atoms with Crippen LogP contribution in [0.5, 0.6) is 0 Å². The smallest absolute Gasteiger partial charge is 0.665 e. The molecule has 0 atom stereocenters. The van der Waals surface area contributed by atoms with Gasteiger partial charge in [0.1, 0.15) is 0 Å². The molecule has 0 saturated heterocycles. The summed E-state index contributed by atoms with van der Waals surface area (Å²) in [6.07, 6.45) is 0. The molecule has 7 heavy (non-hydrogen) atoms. The first-order valence-corrected chi connectivity index (χ1v) is 0.762. The maximum Gasteiger partial charge on any atom is 4.00 e. The molecule has 0 radical (unpaired) electrons. The fourth-order valence-corrected chi connectivity index (χ4v) is 0. The van der Waals surface area contributed by atoms with Crippen LogP contribution in [0.2, 0.25) is 0 Å². The summed E-state index contributed by atoms with van der Waals surface area (Å²) in [4.78, 5) is 0. The van der Waals surface area contributed by atoms with E-state index in [9.17, 15) is 0 Å². The second-order valence-electron chi connectivity index (χ2n) is 0.204. The molecule has 0 aliphatic carbocycles. The largest absolute Gasteiger partial charge is 4.00 e. The zero-order chi connectivity index (χ0) is 2.71. The minimum Gasteiger partial charge on any atom is -0.665 e. The Morgan fingerprint density at radius 2 is 1.14 bits per heavy atom. The molecule has 0 unspecified atom stereocenters. The van der Waals surface area contributed by atoms with Gasteiger partial charge in [0.25, 0.3) is 0 Å². The van der Waals surface area contributed by atoms with Crippen LogP contribution >= 0.6 is 0 Å². The van der Waals surface area contributed by atoms with E-state index >= 15 is 0 Å². The molecule has 0 rings (SSSR count). The Labute approximate surface area is 61.9 Å². The molecular formula is C4H14N2Pt. The van der Waals surface area contributed by atoms with Crippen molar-refractivity contribution < 1.29 is 21.1 Å². The van der Waals surface area contributed by atoms with Gasteiger partial charge in [0.2, 0.25) is 0 Å². The predicted molar refractivity (Wildman–Crippen MR) is 32.6 cm³/mol. The third-order valence-electron chi connectivity index (χ3n) is 0. The van der Waals surface area contributed by atoms with Crippen LogP contribution in [-0.4, -0.2) is 6.67 Å². The SMILES string of the molecule is [CH3-].[CH3-].[CH3-].[NH-]CN.[Pt+4]. The van der Waals surface area contributed by atoms with Gasteiger partial charge in [0, 0.05) is 0 Å². The Morgan fingerprint density at radius 1 is 1.14 bits per heavy atom. The van der Waals surface area contributed by atoms with Crippen molar-refractivity contribution >= 4 is 0 Å². The van der Waals surface area contributed by atoms with Gasteiger partial charge in [-0.15, -0.1) is 6.67 Å². The quantitative estimate of drug-likeness (QED) is 0.670. The third-order valence-corrected chi connectivity index (χ3v) is 0. The van der Waals surface area contributed by atoms with Crippen LogP contribution in [0.25, 0.3) is 5.73 Å². The van der Waals surface area contributed by atoms with Gasteiger partial charge in [-0.1, -0.05) is 0 Å². The summed E-state index contributed by atoms with van der Waals surface area (Å²) in [5, 5.41) is 0. The summed E-state index contributed by atoms with van der Waals surface area (Å²) in [5.41, 5.74) is 10.5. The fourth-order valence-electron chi connectivity index (χ4n) is 0.